The van der Waals surface area contributed by atoms with Crippen molar-refractivity contribution in [2.75, 3.05) is 18.0 Å². The molecule has 2 N–H and O–H groups in total. The molecular weight excluding hydrogens is 274 g/mol. The van der Waals surface area contributed by atoms with Crippen LogP contribution in [0.15, 0.2) is 53.5 Å². The quantitative estimate of drug-likeness (QED) is 0.830. The Kier molecular flexibility index (Phi) is 5.31. The summed E-state index contributed by atoms with van der Waals surface area (Å²) in [4.78, 5) is 17.7. The van der Waals surface area contributed by atoms with Gasteiger partial charge in [-0.3, -0.25) is 9.79 Å². The van der Waals surface area contributed by atoms with Gasteiger partial charge in [-0.1, -0.05) is 12.1 Å². The summed E-state index contributed by atoms with van der Waals surface area (Å²) in [5, 5.41) is 0. The van der Waals surface area contributed by atoms with E-state index in [1.165, 1.54) is 5.69 Å². The smallest absolute Gasteiger partial charge is 0.248 e. The summed E-state index contributed by atoms with van der Waals surface area (Å²) < 4.78 is 0. The highest BCUT2D eigenvalue weighted by molar-refractivity contribution is 5.93. The van der Waals surface area contributed by atoms with E-state index >= 15 is 0 Å². The van der Waals surface area contributed by atoms with Crippen LogP contribution >= 0.6 is 0 Å². The van der Waals surface area contributed by atoms with E-state index in [1.54, 1.807) is 24.3 Å². The van der Waals surface area contributed by atoms with Crippen LogP contribution in [0.5, 0.6) is 0 Å². The van der Waals surface area contributed by atoms with Crippen molar-refractivity contribution < 1.29 is 4.79 Å². The van der Waals surface area contributed by atoms with Crippen LogP contribution in [0.4, 0.5) is 11.4 Å². The highest BCUT2D eigenvalue weighted by Crippen LogP contribution is 2.16. The average molecular weight is 295 g/mol. The summed E-state index contributed by atoms with van der Waals surface area (Å²) in [6.07, 6.45) is 1.81. The van der Waals surface area contributed by atoms with Gasteiger partial charge in [-0.25, -0.2) is 0 Å². The average Bonchev–Trinajstić information content (AvgIpc) is 2.55. The fraction of sp³-hybridized carbons (Fsp3) is 0.222. The maximum absolute atomic E-state index is 11.0. The summed E-state index contributed by atoms with van der Waals surface area (Å²) in [5.74, 6) is -0.428. The zero-order chi connectivity index (χ0) is 15.9. The highest BCUT2D eigenvalue weighted by Gasteiger charge is 2.01. The largest absolute Gasteiger partial charge is 0.372 e. The van der Waals surface area contributed by atoms with Crippen molar-refractivity contribution in [1.82, 2.24) is 0 Å². The predicted molar refractivity (Wildman–Crippen MR) is 92.2 cm³/mol. The lowest BCUT2D eigenvalue weighted by Gasteiger charge is -2.20. The molecule has 0 saturated heterocycles. The number of hydrogen-bond acceptors (Lipinski definition) is 3. The van der Waals surface area contributed by atoms with Gasteiger partial charge in [0.25, 0.3) is 0 Å². The summed E-state index contributed by atoms with van der Waals surface area (Å²) in [6.45, 7) is 6.29. The van der Waals surface area contributed by atoms with Crippen LogP contribution in [-0.4, -0.2) is 25.2 Å². The molecule has 0 fully saturated rings. The molecule has 0 radical (unpaired) electrons. The van der Waals surface area contributed by atoms with E-state index < -0.39 is 5.91 Å². The number of carbonyl (C=O) groups is 1. The molecule has 0 aromatic heterocycles. The van der Waals surface area contributed by atoms with Crippen LogP contribution in [0.2, 0.25) is 0 Å². The third-order valence-electron chi connectivity index (χ3n) is 3.54. The molecule has 2 aromatic carbocycles. The van der Waals surface area contributed by atoms with Gasteiger partial charge in [-0.2, -0.15) is 0 Å². The van der Waals surface area contributed by atoms with E-state index in [-0.39, 0.29) is 0 Å². The van der Waals surface area contributed by atoms with Crippen LogP contribution in [0, 0.1) is 0 Å². The minimum atomic E-state index is -0.428. The first-order chi connectivity index (χ1) is 10.6. The van der Waals surface area contributed by atoms with Crippen molar-refractivity contribution in [2.24, 2.45) is 10.7 Å². The Morgan fingerprint density at radius 1 is 1.05 bits per heavy atom. The molecule has 0 aliphatic carbocycles. The molecule has 0 saturated carbocycles. The molecule has 2 aromatic rings. The van der Waals surface area contributed by atoms with Gasteiger partial charge < -0.3 is 10.6 Å². The molecule has 2 rings (SSSR count). The number of nitrogens with zero attached hydrogens (tertiary/aromatic N) is 2. The van der Waals surface area contributed by atoms with Crippen LogP contribution in [0.25, 0.3) is 0 Å². The molecule has 4 nitrogen and oxygen atoms in total. The van der Waals surface area contributed by atoms with Crippen molar-refractivity contribution in [3.8, 4) is 0 Å². The van der Waals surface area contributed by atoms with Crippen LogP contribution in [0.1, 0.15) is 29.8 Å². The monoisotopic (exact) mass is 295 g/mol. The van der Waals surface area contributed by atoms with E-state index in [4.69, 9.17) is 5.73 Å². The van der Waals surface area contributed by atoms with E-state index in [0.29, 0.717) is 5.56 Å². The van der Waals surface area contributed by atoms with Gasteiger partial charge in [0.2, 0.25) is 5.91 Å². The standard InChI is InChI=1S/C18H21N3O/c1-3-21(4-2)17-11-5-14(6-12-17)13-20-16-9-7-15(8-10-16)18(19)22/h5-13H,3-4H2,1-2H3,(H2,19,22). The molecule has 0 spiro atoms. The molecule has 0 bridgehead atoms. The first-order valence-corrected chi connectivity index (χ1v) is 7.43. The molecule has 0 aliphatic rings. The summed E-state index contributed by atoms with van der Waals surface area (Å²) in [6, 6.07) is 15.2. The minimum absolute atomic E-state index is 0.428. The lowest BCUT2D eigenvalue weighted by atomic mass is 10.2. The fourth-order valence-electron chi connectivity index (χ4n) is 2.22. The SMILES string of the molecule is CCN(CC)c1ccc(C=Nc2ccc(C(N)=O)cc2)cc1. The van der Waals surface area contributed by atoms with Crippen LogP contribution in [-0.2, 0) is 0 Å². The van der Waals surface area contributed by atoms with Crippen LogP contribution < -0.4 is 10.6 Å². The number of benzene rings is 2. The van der Waals surface area contributed by atoms with Gasteiger partial charge in [0.1, 0.15) is 0 Å². The Labute approximate surface area is 131 Å². The normalized spacial score (nSPS) is 10.8. The molecule has 1 amide bonds. The van der Waals surface area contributed by atoms with E-state index in [0.717, 1.165) is 24.3 Å². The van der Waals surface area contributed by atoms with Gasteiger partial charge >= 0.3 is 0 Å². The summed E-state index contributed by atoms with van der Waals surface area (Å²) in [7, 11) is 0. The van der Waals surface area contributed by atoms with Crippen molar-refractivity contribution in [2.45, 2.75) is 13.8 Å². The number of nitrogens with two attached hydrogens (primary N) is 1. The Hall–Kier alpha value is -2.62. The lowest BCUT2D eigenvalue weighted by molar-refractivity contribution is 0.100. The van der Waals surface area contributed by atoms with Gasteiger partial charge in [-0.05, 0) is 55.8 Å². The number of amides is 1. The number of primary amides is 1. The Balaban J connectivity index is 2.08. The molecule has 114 valence electrons. The minimum Gasteiger partial charge on any atom is -0.372 e. The molecule has 0 heterocycles. The second-order valence-corrected chi connectivity index (χ2v) is 4.93. The Morgan fingerprint density at radius 2 is 1.64 bits per heavy atom. The number of anilines is 1. The van der Waals surface area contributed by atoms with Crippen molar-refractivity contribution in [3.63, 3.8) is 0 Å². The molecule has 0 aliphatic heterocycles. The third-order valence-corrected chi connectivity index (χ3v) is 3.54. The zero-order valence-electron chi connectivity index (χ0n) is 13.0. The van der Waals surface area contributed by atoms with E-state index in [1.807, 2.05) is 6.21 Å². The second kappa shape index (κ2) is 7.41. The van der Waals surface area contributed by atoms with Crippen molar-refractivity contribution in [3.05, 3.63) is 59.7 Å². The first-order valence-electron chi connectivity index (χ1n) is 7.43. The fourth-order valence-corrected chi connectivity index (χ4v) is 2.22. The number of rotatable bonds is 6. The first kappa shape index (κ1) is 15.8. The Morgan fingerprint density at radius 3 is 2.14 bits per heavy atom. The topological polar surface area (TPSA) is 58.7 Å². The Bertz CT molecular complexity index is 641. The second-order valence-electron chi connectivity index (χ2n) is 4.93. The number of hydrogen-bond donors (Lipinski definition) is 1. The molecule has 0 atom stereocenters. The van der Waals surface area contributed by atoms with Gasteiger partial charge in [0.15, 0.2) is 0 Å². The van der Waals surface area contributed by atoms with Crippen molar-refractivity contribution >= 4 is 23.5 Å². The lowest BCUT2D eigenvalue weighted by Crippen LogP contribution is -2.21. The molecule has 4 heteroatoms. The van der Waals surface area contributed by atoms with Crippen molar-refractivity contribution in [1.29, 1.82) is 0 Å². The molecule has 0 unspecified atom stereocenters. The maximum Gasteiger partial charge on any atom is 0.248 e. The zero-order valence-corrected chi connectivity index (χ0v) is 13.0. The van der Waals surface area contributed by atoms with E-state index in [9.17, 15) is 4.79 Å². The third kappa shape index (κ3) is 3.95. The summed E-state index contributed by atoms with van der Waals surface area (Å²) >= 11 is 0. The van der Waals surface area contributed by atoms with Gasteiger partial charge in [-0.15, -0.1) is 0 Å². The predicted octanol–water partition coefficient (Wildman–Crippen LogP) is 3.38. The maximum atomic E-state index is 11.0. The highest BCUT2D eigenvalue weighted by atomic mass is 16.1. The van der Waals surface area contributed by atoms with E-state index in [2.05, 4.69) is 48.0 Å². The molecule has 22 heavy (non-hydrogen) atoms. The number of aliphatic imine (C=N–C) groups is 1. The van der Waals surface area contributed by atoms with Gasteiger partial charge in [0.05, 0.1) is 5.69 Å². The summed E-state index contributed by atoms with van der Waals surface area (Å²) in [5.41, 5.74) is 8.74. The number of carbonyl (C=O) groups excluding carboxylic acids is 1. The molecular formula is C18H21N3O. The van der Waals surface area contributed by atoms with Gasteiger partial charge in [0, 0.05) is 30.6 Å². The van der Waals surface area contributed by atoms with Crippen LogP contribution in [0.3, 0.4) is 0 Å².